The van der Waals surface area contributed by atoms with Crippen LogP contribution in [0.4, 0.5) is 0 Å². The Labute approximate surface area is 88.3 Å². The van der Waals surface area contributed by atoms with Gasteiger partial charge in [-0.25, -0.2) is 0 Å². The molecule has 0 bridgehead atoms. The molecule has 0 saturated heterocycles. The van der Waals surface area contributed by atoms with Crippen LogP contribution in [0.1, 0.15) is 29.8 Å². The highest BCUT2D eigenvalue weighted by Gasteiger charge is 2.29. The summed E-state index contributed by atoms with van der Waals surface area (Å²) in [6, 6.07) is 3.29. The number of furan rings is 1. The molecule has 0 radical (unpaired) electrons. The lowest BCUT2D eigenvalue weighted by molar-refractivity contribution is 0.0909. The van der Waals surface area contributed by atoms with E-state index in [0.29, 0.717) is 24.6 Å². The van der Waals surface area contributed by atoms with E-state index in [4.69, 9.17) is 4.42 Å². The zero-order chi connectivity index (χ0) is 10.7. The Kier molecular flexibility index (Phi) is 3.06. The van der Waals surface area contributed by atoms with Crippen molar-refractivity contribution in [1.29, 1.82) is 0 Å². The molecule has 15 heavy (non-hydrogen) atoms. The van der Waals surface area contributed by atoms with E-state index in [0.717, 1.165) is 12.8 Å². The molecule has 1 atom stereocenters. The fourth-order valence-electron chi connectivity index (χ4n) is 1.55. The summed E-state index contributed by atoms with van der Waals surface area (Å²) in [5, 5.41) is 12.3. The molecule has 2 rings (SSSR count). The highest BCUT2D eigenvalue weighted by molar-refractivity contribution is 5.91. The molecular formula is C11H15NO3. The number of rotatable bonds is 5. The fraction of sp³-hybridized carbons (Fsp3) is 0.545. The smallest absolute Gasteiger partial charge is 0.286 e. The van der Waals surface area contributed by atoms with E-state index in [1.807, 2.05) is 0 Å². The van der Waals surface area contributed by atoms with Gasteiger partial charge in [0.1, 0.15) is 0 Å². The van der Waals surface area contributed by atoms with Crippen molar-refractivity contribution in [2.75, 3.05) is 6.54 Å². The molecule has 2 N–H and O–H groups in total. The van der Waals surface area contributed by atoms with Crippen LogP contribution in [-0.2, 0) is 0 Å². The summed E-state index contributed by atoms with van der Waals surface area (Å²) in [4.78, 5) is 11.4. The lowest BCUT2D eigenvalue weighted by Gasteiger charge is -2.08. The zero-order valence-electron chi connectivity index (χ0n) is 8.48. The number of nitrogens with one attached hydrogen (secondary N) is 1. The van der Waals surface area contributed by atoms with Crippen molar-refractivity contribution in [1.82, 2.24) is 5.32 Å². The Bertz CT molecular complexity index is 317. The van der Waals surface area contributed by atoms with Crippen molar-refractivity contribution in [2.24, 2.45) is 5.92 Å². The molecule has 4 nitrogen and oxygen atoms in total. The number of aliphatic hydroxyl groups excluding tert-OH is 1. The normalized spacial score (nSPS) is 17.4. The molecule has 1 fully saturated rings. The molecule has 82 valence electrons. The minimum Gasteiger partial charge on any atom is -0.459 e. The molecule has 0 aliphatic heterocycles. The lowest BCUT2D eigenvalue weighted by atomic mass is 10.1. The summed E-state index contributed by atoms with van der Waals surface area (Å²) in [6.45, 7) is 0.497. The Morgan fingerprint density at radius 2 is 2.47 bits per heavy atom. The molecule has 1 aromatic rings. The van der Waals surface area contributed by atoms with Crippen molar-refractivity contribution < 1.29 is 14.3 Å². The second-order valence-corrected chi connectivity index (χ2v) is 3.93. The van der Waals surface area contributed by atoms with Gasteiger partial charge in [-0.2, -0.15) is 0 Å². The summed E-state index contributed by atoms with van der Waals surface area (Å²) in [7, 11) is 0. The summed E-state index contributed by atoms with van der Waals surface area (Å²) in [5.41, 5.74) is 0. The van der Waals surface area contributed by atoms with Crippen molar-refractivity contribution in [3.63, 3.8) is 0 Å². The Balaban J connectivity index is 1.67. The topological polar surface area (TPSA) is 62.5 Å². The van der Waals surface area contributed by atoms with Crippen LogP contribution in [-0.4, -0.2) is 23.7 Å². The van der Waals surface area contributed by atoms with E-state index in [1.165, 1.54) is 6.26 Å². The number of aliphatic hydroxyl groups is 1. The average molecular weight is 209 g/mol. The fourth-order valence-corrected chi connectivity index (χ4v) is 1.55. The maximum Gasteiger partial charge on any atom is 0.286 e. The summed E-state index contributed by atoms with van der Waals surface area (Å²) < 4.78 is 4.94. The van der Waals surface area contributed by atoms with Crippen molar-refractivity contribution in [3.8, 4) is 0 Å². The van der Waals surface area contributed by atoms with E-state index in [1.54, 1.807) is 12.1 Å². The molecule has 1 aliphatic carbocycles. The first-order chi connectivity index (χ1) is 7.27. The van der Waals surface area contributed by atoms with Gasteiger partial charge in [0.15, 0.2) is 5.76 Å². The molecule has 1 aromatic heterocycles. The lowest BCUT2D eigenvalue weighted by Crippen LogP contribution is -2.27. The summed E-state index contributed by atoms with van der Waals surface area (Å²) in [6.07, 6.45) is 4.06. The third-order valence-electron chi connectivity index (χ3n) is 2.64. The summed E-state index contributed by atoms with van der Waals surface area (Å²) in [5.74, 6) is 0.560. The van der Waals surface area contributed by atoms with Gasteiger partial charge in [0.25, 0.3) is 5.91 Å². The Hall–Kier alpha value is -1.29. The van der Waals surface area contributed by atoms with Crippen LogP contribution < -0.4 is 5.32 Å². The van der Waals surface area contributed by atoms with Gasteiger partial charge in [0, 0.05) is 6.54 Å². The zero-order valence-corrected chi connectivity index (χ0v) is 8.48. The van der Waals surface area contributed by atoms with E-state index >= 15 is 0 Å². The van der Waals surface area contributed by atoms with E-state index in [2.05, 4.69) is 5.32 Å². The molecule has 1 saturated carbocycles. The second-order valence-electron chi connectivity index (χ2n) is 3.93. The van der Waals surface area contributed by atoms with Crippen LogP contribution in [0.15, 0.2) is 22.8 Å². The maximum atomic E-state index is 11.4. The van der Waals surface area contributed by atoms with Gasteiger partial charge < -0.3 is 14.8 Å². The molecule has 1 heterocycles. The number of carbonyl (C=O) groups is 1. The van der Waals surface area contributed by atoms with Gasteiger partial charge in [0.2, 0.25) is 0 Å². The van der Waals surface area contributed by atoms with Gasteiger partial charge in [-0.15, -0.1) is 0 Å². The number of hydrogen-bond donors (Lipinski definition) is 2. The monoisotopic (exact) mass is 209 g/mol. The third-order valence-corrected chi connectivity index (χ3v) is 2.64. The Morgan fingerprint density at radius 1 is 1.67 bits per heavy atom. The molecule has 1 amide bonds. The molecular weight excluding hydrogens is 194 g/mol. The van der Waals surface area contributed by atoms with Crippen molar-refractivity contribution in [2.45, 2.75) is 25.4 Å². The summed E-state index contributed by atoms with van der Waals surface area (Å²) >= 11 is 0. The van der Waals surface area contributed by atoms with Gasteiger partial charge in [-0.05, 0) is 37.3 Å². The Morgan fingerprint density at radius 3 is 3.07 bits per heavy atom. The van der Waals surface area contributed by atoms with E-state index in [9.17, 15) is 9.90 Å². The molecule has 4 heteroatoms. The SMILES string of the molecule is O=C(NCC[C@@H](O)C1CC1)c1ccco1. The molecule has 0 unspecified atom stereocenters. The van der Waals surface area contributed by atoms with Crippen LogP contribution in [0.25, 0.3) is 0 Å². The van der Waals surface area contributed by atoms with E-state index < -0.39 is 0 Å². The minimum absolute atomic E-state index is 0.219. The molecule has 1 aliphatic rings. The van der Waals surface area contributed by atoms with Crippen molar-refractivity contribution >= 4 is 5.91 Å². The number of hydrogen-bond acceptors (Lipinski definition) is 3. The van der Waals surface area contributed by atoms with Gasteiger partial charge in [-0.1, -0.05) is 0 Å². The largest absolute Gasteiger partial charge is 0.459 e. The highest BCUT2D eigenvalue weighted by atomic mass is 16.3. The quantitative estimate of drug-likeness (QED) is 0.765. The number of amides is 1. The van der Waals surface area contributed by atoms with Gasteiger partial charge in [-0.3, -0.25) is 4.79 Å². The van der Waals surface area contributed by atoms with E-state index in [-0.39, 0.29) is 12.0 Å². The average Bonchev–Trinajstić information content (AvgIpc) is 2.93. The second kappa shape index (κ2) is 4.49. The first-order valence-corrected chi connectivity index (χ1v) is 5.27. The predicted molar refractivity (Wildman–Crippen MR) is 54.4 cm³/mol. The van der Waals surface area contributed by atoms with Gasteiger partial charge >= 0.3 is 0 Å². The predicted octanol–water partition coefficient (Wildman–Crippen LogP) is 1.17. The third kappa shape index (κ3) is 2.83. The first-order valence-electron chi connectivity index (χ1n) is 5.27. The number of carbonyl (C=O) groups excluding carboxylic acids is 1. The van der Waals surface area contributed by atoms with Crippen LogP contribution in [0.3, 0.4) is 0 Å². The van der Waals surface area contributed by atoms with Crippen LogP contribution in [0.2, 0.25) is 0 Å². The maximum absolute atomic E-state index is 11.4. The highest BCUT2D eigenvalue weighted by Crippen LogP contribution is 2.33. The van der Waals surface area contributed by atoms with Gasteiger partial charge in [0.05, 0.1) is 12.4 Å². The van der Waals surface area contributed by atoms with Crippen molar-refractivity contribution in [3.05, 3.63) is 24.2 Å². The molecule has 0 spiro atoms. The molecule has 0 aromatic carbocycles. The van der Waals surface area contributed by atoms with Crippen LogP contribution in [0.5, 0.6) is 0 Å². The first kappa shape index (κ1) is 10.2. The minimum atomic E-state index is -0.262. The van der Waals surface area contributed by atoms with Crippen LogP contribution >= 0.6 is 0 Å². The standard InChI is InChI=1S/C11H15NO3/c13-9(8-3-4-8)5-6-12-11(14)10-2-1-7-15-10/h1-2,7-9,13H,3-6H2,(H,12,14)/t9-/m1/s1. The van der Waals surface area contributed by atoms with Crippen LogP contribution in [0, 0.1) is 5.92 Å².